The second-order valence-electron chi connectivity index (χ2n) is 26.7. The van der Waals surface area contributed by atoms with Gasteiger partial charge < -0.3 is 53.2 Å². The van der Waals surface area contributed by atoms with Crippen LogP contribution in [0.15, 0.2) is 91.0 Å². The van der Waals surface area contributed by atoms with Gasteiger partial charge in [-0.1, -0.05) is 55.5 Å². The zero-order valence-corrected chi connectivity index (χ0v) is 59.0. The summed E-state index contributed by atoms with van der Waals surface area (Å²) in [5.74, 6) is 6.01. The van der Waals surface area contributed by atoms with E-state index in [-0.39, 0.29) is 105 Å². The number of nitrogens with two attached hydrogens (primary N) is 1. The van der Waals surface area contributed by atoms with E-state index in [0.717, 1.165) is 145 Å². The van der Waals surface area contributed by atoms with E-state index in [4.69, 9.17) is 48.4 Å². The number of methoxy groups -OCH3 is 2. The number of benzene rings is 5. The summed E-state index contributed by atoms with van der Waals surface area (Å²) in [5, 5.41) is 0. The van der Waals surface area contributed by atoms with Gasteiger partial charge in [0.05, 0.1) is 72.2 Å². The Bertz CT molecular complexity index is 3530. The van der Waals surface area contributed by atoms with Crippen LogP contribution < -0.4 is 38.9 Å². The number of rotatable bonds is 26. The molecule has 5 aromatic carbocycles. The number of aldehydes is 1. The molecule has 5 aromatic rings. The summed E-state index contributed by atoms with van der Waals surface area (Å²) in [5.41, 5.74) is 15.7. The van der Waals surface area contributed by atoms with Crippen LogP contribution in [-0.4, -0.2) is 137 Å². The summed E-state index contributed by atoms with van der Waals surface area (Å²) in [4.78, 5) is 86.3. The number of hydrogen-bond donors (Lipinski definition) is 1. The van der Waals surface area contributed by atoms with Crippen molar-refractivity contribution in [3.8, 4) is 40.2 Å². The monoisotopic (exact) mass is 1360 g/mol. The number of carbonyl (C=O) groups is 7. The standard InChI is InChI=1S/C34H44N2O7.C25H29NO5.C10H13NO.C10H16O3/c1-4-41-34(39)26-8-5-24(6-9-26)21-35(23(2)27-10-12-29-28(20-27)15-17-42-29)22-25-7-11-30(31(19-25)40-3)43-18-16-36-32(37)13-14-33(36)38;1-17(19-6-8-21-20(16-19)11-13-30-21)3-4-18-5-7-22(23(15-18)29-2)31-14-12-26-24(27)9-10-25(26)28;1-7(11)8-2-3-10-9(6-8)4-5-12-10;1-2-13-10(12)9-5-3-8(7-11)4-6-9/h7,10-12,19-20,23-24,26H,4-6,8-9,13-18,21-22H2,1-3H3;5-8,15-17H,3-4,9-14H2,1-2H3;2-3,6-7H,4-5,11H2,1H3;7-9H,2-6H2,1H3. The SMILES string of the molecule is CC(N)c1ccc2c(c1)CCO2.CCOC(=O)C1CCC(C=O)CC1.CCOC(=O)C1CCC(CN(Cc2ccc(OCCN3C(=O)CCC3=O)c(OC)c2)C(C)c2ccc3c(c2)CCO3)CC1.COc1cc(CCC(C)c2ccc3c(c2)CCO3)ccc1OCCN1C(=O)CCC1=O. The fourth-order valence-electron chi connectivity index (χ4n) is 13.9. The van der Waals surface area contributed by atoms with Gasteiger partial charge in [-0.3, -0.25) is 43.5 Å². The van der Waals surface area contributed by atoms with Crippen LogP contribution in [0.25, 0.3) is 0 Å². The van der Waals surface area contributed by atoms with Gasteiger partial charge in [0, 0.05) is 76.0 Å². The van der Waals surface area contributed by atoms with Crippen molar-refractivity contribution in [2.24, 2.45) is 29.4 Å². The number of ether oxygens (including phenoxy) is 9. The van der Waals surface area contributed by atoms with Crippen LogP contribution >= 0.6 is 0 Å². The number of likely N-dealkylation sites (tertiary alicyclic amines) is 2. The average Bonchev–Trinajstić information content (AvgIpc) is 1.72. The first-order valence-electron chi connectivity index (χ1n) is 35.8. The van der Waals surface area contributed by atoms with E-state index in [2.05, 4.69) is 67.3 Å². The van der Waals surface area contributed by atoms with Crippen molar-refractivity contribution >= 4 is 41.9 Å². The highest BCUT2D eigenvalue weighted by Crippen LogP contribution is 2.38. The Morgan fingerprint density at radius 3 is 1.44 bits per heavy atom. The first-order valence-corrected chi connectivity index (χ1v) is 35.8. The second-order valence-corrected chi connectivity index (χ2v) is 26.7. The molecule has 4 fully saturated rings. The van der Waals surface area contributed by atoms with Crippen LogP contribution in [0, 0.1) is 23.7 Å². The average molecular weight is 1360 g/mol. The Kier molecular flexibility index (Phi) is 28.0. The van der Waals surface area contributed by atoms with Crippen LogP contribution in [0.5, 0.6) is 40.2 Å². The summed E-state index contributed by atoms with van der Waals surface area (Å²) < 4.78 is 49.9. The Morgan fingerprint density at radius 2 is 0.980 bits per heavy atom. The molecule has 2 N–H and O–H groups in total. The maximum Gasteiger partial charge on any atom is 0.308 e. The molecule has 20 heteroatoms. The van der Waals surface area contributed by atoms with E-state index < -0.39 is 0 Å². The second kappa shape index (κ2) is 37.1. The summed E-state index contributed by atoms with van der Waals surface area (Å²) in [6.07, 6.45) is 14.1. The molecule has 5 aliphatic heterocycles. The predicted octanol–water partition coefficient (Wildman–Crippen LogP) is 12.2. The first-order chi connectivity index (χ1) is 47.9. The number of carbonyl (C=O) groups excluding carboxylic acids is 7. The molecule has 7 aliphatic rings. The molecule has 2 saturated carbocycles. The number of fused-ring (bicyclic) bond motifs is 3. The highest BCUT2D eigenvalue weighted by molar-refractivity contribution is 6.02. The third-order valence-electron chi connectivity index (χ3n) is 20.0. The molecular formula is C79H102N4O16. The van der Waals surface area contributed by atoms with Crippen molar-refractivity contribution in [2.45, 2.75) is 168 Å². The molecule has 5 heterocycles. The normalized spacial score (nSPS) is 19.8. The largest absolute Gasteiger partial charge is 0.493 e. The quantitative estimate of drug-likeness (QED) is 0.0307. The number of amides is 4. The maximum absolute atomic E-state index is 12.3. The molecule has 0 bridgehead atoms. The van der Waals surface area contributed by atoms with Gasteiger partial charge >= 0.3 is 11.9 Å². The minimum absolute atomic E-state index is 0.0114. The third-order valence-corrected chi connectivity index (χ3v) is 20.0. The number of esters is 2. The molecule has 4 amide bonds. The lowest BCUT2D eigenvalue weighted by Gasteiger charge is -2.36. The van der Waals surface area contributed by atoms with Gasteiger partial charge in [0.1, 0.15) is 36.7 Å². The molecule has 20 nitrogen and oxygen atoms in total. The molecule has 99 heavy (non-hydrogen) atoms. The van der Waals surface area contributed by atoms with E-state index in [1.54, 1.807) is 14.2 Å². The Hall–Kier alpha value is -8.49. The first kappa shape index (κ1) is 74.7. The van der Waals surface area contributed by atoms with E-state index in [1.807, 2.05) is 63.2 Å². The van der Waals surface area contributed by atoms with Crippen LogP contribution in [-0.2, 0) is 75.3 Å². The Balaban J connectivity index is 0.000000175. The molecule has 0 radical (unpaired) electrons. The van der Waals surface area contributed by atoms with Gasteiger partial charge in [-0.15, -0.1) is 0 Å². The van der Waals surface area contributed by atoms with E-state index >= 15 is 0 Å². The minimum atomic E-state index is -0.143. The Labute approximate surface area is 583 Å². The lowest BCUT2D eigenvalue weighted by atomic mass is 9.81. The smallest absolute Gasteiger partial charge is 0.308 e. The van der Waals surface area contributed by atoms with Crippen LogP contribution in [0.4, 0.5) is 0 Å². The van der Waals surface area contributed by atoms with Gasteiger partial charge in [0.2, 0.25) is 23.6 Å². The predicted molar refractivity (Wildman–Crippen MR) is 374 cm³/mol. The Morgan fingerprint density at radius 1 is 0.545 bits per heavy atom. The molecule has 0 spiro atoms. The molecule has 3 atom stereocenters. The number of nitrogens with zero attached hydrogens (tertiary/aromatic N) is 3. The number of imide groups is 2. The van der Waals surface area contributed by atoms with Crippen molar-refractivity contribution in [2.75, 3.05) is 80.1 Å². The van der Waals surface area contributed by atoms with Gasteiger partial charge in [-0.05, 0) is 191 Å². The van der Waals surface area contributed by atoms with Crippen LogP contribution in [0.3, 0.4) is 0 Å². The third kappa shape index (κ3) is 20.8. The lowest BCUT2D eigenvalue weighted by molar-refractivity contribution is -0.150. The molecule has 0 aromatic heterocycles. The molecule has 2 saturated heterocycles. The van der Waals surface area contributed by atoms with Crippen LogP contribution in [0.1, 0.15) is 181 Å². The maximum atomic E-state index is 12.3. The molecular weight excluding hydrogens is 1260 g/mol. The zero-order valence-electron chi connectivity index (χ0n) is 59.0. The van der Waals surface area contributed by atoms with Crippen molar-refractivity contribution in [1.29, 1.82) is 0 Å². The number of aryl methyl sites for hydroxylation is 1. The fraction of sp³-hybridized carbons (Fsp3) is 0.532. The van der Waals surface area contributed by atoms with Gasteiger partial charge in [-0.25, -0.2) is 0 Å². The van der Waals surface area contributed by atoms with Crippen LogP contribution in [0.2, 0.25) is 0 Å². The fourth-order valence-corrected chi connectivity index (χ4v) is 13.9. The van der Waals surface area contributed by atoms with E-state index in [0.29, 0.717) is 60.9 Å². The molecule has 2 aliphatic carbocycles. The summed E-state index contributed by atoms with van der Waals surface area (Å²) >= 11 is 0. The van der Waals surface area contributed by atoms with E-state index in [1.165, 1.54) is 48.7 Å². The molecule has 3 unspecified atom stereocenters. The highest BCUT2D eigenvalue weighted by atomic mass is 16.5. The lowest BCUT2D eigenvalue weighted by Crippen LogP contribution is -2.34. The van der Waals surface area contributed by atoms with Crippen molar-refractivity contribution < 1.29 is 76.2 Å². The zero-order chi connectivity index (χ0) is 70.4. The number of hydrogen-bond acceptors (Lipinski definition) is 18. The van der Waals surface area contributed by atoms with Gasteiger partial charge in [0.25, 0.3) is 0 Å². The molecule has 534 valence electrons. The summed E-state index contributed by atoms with van der Waals surface area (Å²) in [6.45, 7) is 16.0. The van der Waals surface area contributed by atoms with Gasteiger partial charge in [-0.2, -0.15) is 0 Å². The van der Waals surface area contributed by atoms with Crippen molar-refractivity contribution in [3.63, 3.8) is 0 Å². The van der Waals surface area contributed by atoms with Crippen molar-refractivity contribution in [3.05, 3.63) is 136 Å². The van der Waals surface area contributed by atoms with Gasteiger partial charge in [0.15, 0.2) is 23.0 Å². The van der Waals surface area contributed by atoms with E-state index in [9.17, 15) is 33.6 Å². The summed E-state index contributed by atoms with van der Waals surface area (Å²) in [7, 11) is 3.24. The summed E-state index contributed by atoms with van der Waals surface area (Å²) in [6, 6.07) is 31.5. The highest BCUT2D eigenvalue weighted by Gasteiger charge is 2.33. The topological polar surface area (TPSA) is 238 Å². The minimum Gasteiger partial charge on any atom is -0.493 e. The molecule has 12 rings (SSSR count). The van der Waals surface area contributed by atoms with Crippen molar-refractivity contribution in [1.82, 2.24) is 14.7 Å².